The quantitative estimate of drug-likeness (QED) is 0.727. The summed E-state index contributed by atoms with van der Waals surface area (Å²) >= 11 is 0. The summed E-state index contributed by atoms with van der Waals surface area (Å²) in [7, 11) is 1.65. The summed E-state index contributed by atoms with van der Waals surface area (Å²) in [5, 5.41) is 0. The Labute approximate surface area is 97.6 Å². The van der Waals surface area contributed by atoms with E-state index in [-0.39, 0.29) is 11.3 Å². The van der Waals surface area contributed by atoms with Crippen LogP contribution in [-0.4, -0.2) is 13.4 Å². The molecule has 16 heavy (non-hydrogen) atoms. The molecule has 0 radical (unpaired) electrons. The van der Waals surface area contributed by atoms with E-state index >= 15 is 0 Å². The SMILES string of the molecule is COc1ccc(C(CC=O)C(C)(C)C)cc1. The smallest absolute Gasteiger partial charge is 0.120 e. The van der Waals surface area contributed by atoms with Crippen molar-refractivity contribution in [3.63, 3.8) is 0 Å². The molecule has 0 heterocycles. The minimum absolute atomic E-state index is 0.0928. The minimum atomic E-state index is 0.0928. The number of ether oxygens (including phenoxy) is 1. The molecule has 0 saturated carbocycles. The van der Waals surface area contributed by atoms with Gasteiger partial charge < -0.3 is 9.53 Å². The Morgan fingerprint density at radius 1 is 1.25 bits per heavy atom. The van der Waals surface area contributed by atoms with Crippen molar-refractivity contribution in [1.29, 1.82) is 0 Å². The van der Waals surface area contributed by atoms with Gasteiger partial charge in [-0.05, 0) is 29.0 Å². The number of carbonyl (C=O) groups excluding carboxylic acids is 1. The van der Waals surface area contributed by atoms with Crippen LogP contribution in [0.15, 0.2) is 24.3 Å². The number of carbonyl (C=O) groups is 1. The predicted molar refractivity (Wildman–Crippen MR) is 65.9 cm³/mol. The number of hydrogen-bond acceptors (Lipinski definition) is 2. The van der Waals surface area contributed by atoms with Gasteiger partial charge in [-0.2, -0.15) is 0 Å². The van der Waals surface area contributed by atoms with Crippen molar-refractivity contribution in [3.8, 4) is 5.75 Å². The van der Waals surface area contributed by atoms with Crippen molar-refractivity contribution in [2.24, 2.45) is 5.41 Å². The van der Waals surface area contributed by atoms with Crippen molar-refractivity contribution >= 4 is 6.29 Å². The number of aldehydes is 1. The third kappa shape index (κ3) is 3.09. The molecule has 0 aromatic heterocycles. The normalized spacial score (nSPS) is 13.2. The topological polar surface area (TPSA) is 26.3 Å². The highest BCUT2D eigenvalue weighted by Crippen LogP contribution is 2.37. The van der Waals surface area contributed by atoms with Gasteiger partial charge in [0.1, 0.15) is 12.0 Å². The average molecular weight is 220 g/mol. The van der Waals surface area contributed by atoms with E-state index in [4.69, 9.17) is 4.74 Å². The molecule has 1 unspecified atom stereocenters. The second kappa shape index (κ2) is 5.15. The Hall–Kier alpha value is -1.31. The zero-order valence-corrected chi connectivity index (χ0v) is 10.5. The average Bonchev–Trinajstić information content (AvgIpc) is 2.25. The minimum Gasteiger partial charge on any atom is -0.497 e. The molecule has 0 N–H and O–H groups in total. The maximum absolute atomic E-state index is 10.7. The summed E-state index contributed by atoms with van der Waals surface area (Å²) in [6.45, 7) is 6.47. The third-order valence-corrected chi connectivity index (χ3v) is 2.90. The highest BCUT2D eigenvalue weighted by Gasteiger charge is 2.25. The van der Waals surface area contributed by atoms with Crippen LogP contribution in [0.2, 0.25) is 0 Å². The lowest BCUT2D eigenvalue weighted by Gasteiger charge is -2.29. The highest BCUT2D eigenvalue weighted by molar-refractivity contribution is 5.52. The molecule has 0 aliphatic carbocycles. The van der Waals surface area contributed by atoms with Gasteiger partial charge in [0.15, 0.2) is 0 Å². The van der Waals surface area contributed by atoms with E-state index < -0.39 is 0 Å². The van der Waals surface area contributed by atoms with Gasteiger partial charge in [0.05, 0.1) is 7.11 Å². The van der Waals surface area contributed by atoms with Crippen molar-refractivity contribution in [3.05, 3.63) is 29.8 Å². The van der Waals surface area contributed by atoms with Crippen LogP contribution in [0.1, 0.15) is 38.7 Å². The fourth-order valence-electron chi connectivity index (χ4n) is 1.92. The zero-order valence-electron chi connectivity index (χ0n) is 10.5. The summed E-state index contributed by atoms with van der Waals surface area (Å²) < 4.78 is 5.12. The van der Waals surface area contributed by atoms with Crippen molar-refractivity contribution in [2.45, 2.75) is 33.1 Å². The number of hydrogen-bond donors (Lipinski definition) is 0. The Morgan fingerprint density at radius 3 is 2.19 bits per heavy atom. The van der Waals surface area contributed by atoms with Gasteiger partial charge in [-0.1, -0.05) is 32.9 Å². The monoisotopic (exact) mass is 220 g/mol. The molecule has 1 rings (SSSR count). The molecule has 1 aromatic carbocycles. The second-order valence-corrected chi connectivity index (χ2v) is 5.09. The fourth-order valence-corrected chi connectivity index (χ4v) is 1.92. The number of methoxy groups -OCH3 is 1. The van der Waals surface area contributed by atoms with E-state index in [2.05, 4.69) is 20.8 Å². The Bertz CT molecular complexity index is 333. The summed E-state index contributed by atoms with van der Waals surface area (Å²) in [5.41, 5.74) is 1.29. The van der Waals surface area contributed by atoms with E-state index in [9.17, 15) is 4.79 Å². The standard InChI is InChI=1S/C14H20O2/c1-14(2,3)13(9-10-15)11-5-7-12(16-4)8-6-11/h5-8,10,13H,9H2,1-4H3. The Morgan fingerprint density at radius 2 is 1.81 bits per heavy atom. The first kappa shape index (κ1) is 12.8. The molecule has 2 nitrogen and oxygen atoms in total. The summed E-state index contributed by atoms with van der Waals surface area (Å²) in [6.07, 6.45) is 1.57. The predicted octanol–water partition coefficient (Wildman–Crippen LogP) is 3.41. The van der Waals surface area contributed by atoms with Crippen molar-refractivity contribution in [2.75, 3.05) is 7.11 Å². The zero-order chi connectivity index (χ0) is 12.2. The van der Waals surface area contributed by atoms with E-state index in [0.29, 0.717) is 6.42 Å². The molecule has 0 fully saturated rings. The molecule has 2 heteroatoms. The van der Waals surface area contributed by atoms with E-state index in [1.165, 1.54) is 5.56 Å². The van der Waals surface area contributed by atoms with Crippen molar-refractivity contribution in [1.82, 2.24) is 0 Å². The lowest BCUT2D eigenvalue weighted by Crippen LogP contribution is -2.18. The molecule has 0 saturated heterocycles. The van der Waals surface area contributed by atoms with E-state index in [0.717, 1.165) is 12.0 Å². The highest BCUT2D eigenvalue weighted by atomic mass is 16.5. The van der Waals surface area contributed by atoms with Gasteiger partial charge in [0.2, 0.25) is 0 Å². The summed E-state index contributed by atoms with van der Waals surface area (Å²) in [4.78, 5) is 10.7. The van der Waals surface area contributed by atoms with Crippen molar-refractivity contribution < 1.29 is 9.53 Å². The van der Waals surface area contributed by atoms with Crippen LogP contribution in [0.25, 0.3) is 0 Å². The number of rotatable bonds is 4. The Kier molecular flexibility index (Phi) is 4.11. The van der Waals surface area contributed by atoms with Crippen LogP contribution in [0.5, 0.6) is 5.75 Å². The molecule has 1 aromatic rings. The number of benzene rings is 1. The first-order valence-corrected chi connectivity index (χ1v) is 5.56. The van der Waals surface area contributed by atoms with Crippen LogP contribution in [0.3, 0.4) is 0 Å². The molecule has 0 aliphatic heterocycles. The van der Waals surface area contributed by atoms with Crippen LogP contribution >= 0.6 is 0 Å². The fraction of sp³-hybridized carbons (Fsp3) is 0.500. The molecular formula is C14H20O2. The molecule has 1 atom stereocenters. The molecule has 0 amide bonds. The van der Waals surface area contributed by atoms with Gasteiger partial charge in [-0.3, -0.25) is 0 Å². The van der Waals surface area contributed by atoms with Gasteiger partial charge in [0, 0.05) is 6.42 Å². The lowest BCUT2D eigenvalue weighted by atomic mass is 9.75. The molecule has 0 bridgehead atoms. The second-order valence-electron chi connectivity index (χ2n) is 5.09. The van der Waals surface area contributed by atoms with Crippen LogP contribution in [-0.2, 0) is 4.79 Å². The van der Waals surface area contributed by atoms with Gasteiger partial charge in [-0.15, -0.1) is 0 Å². The van der Waals surface area contributed by atoms with E-state index in [1.54, 1.807) is 7.11 Å². The maximum Gasteiger partial charge on any atom is 0.120 e. The molecule has 0 spiro atoms. The first-order chi connectivity index (χ1) is 7.49. The van der Waals surface area contributed by atoms with E-state index in [1.807, 2.05) is 24.3 Å². The Balaban J connectivity index is 2.97. The molecule has 0 aliphatic rings. The van der Waals surface area contributed by atoms with Gasteiger partial charge in [-0.25, -0.2) is 0 Å². The largest absolute Gasteiger partial charge is 0.497 e. The third-order valence-electron chi connectivity index (χ3n) is 2.90. The van der Waals surface area contributed by atoms with Crippen LogP contribution in [0.4, 0.5) is 0 Å². The van der Waals surface area contributed by atoms with Gasteiger partial charge in [0.25, 0.3) is 0 Å². The van der Waals surface area contributed by atoms with Crippen LogP contribution < -0.4 is 4.74 Å². The molecule has 88 valence electrons. The van der Waals surface area contributed by atoms with Gasteiger partial charge >= 0.3 is 0 Å². The lowest BCUT2D eigenvalue weighted by molar-refractivity contribution is -0.108. The van der Waals surface area contributed by atoms with Crippen LogP contribution in [0, 0.1) is 5.41 Å². The summed E-state index contributed by atoms with van der Waals surface area (Å²) in [5.74, 6) is 1.11. The summed E-state index contributed by atoms with van der Waals surface area (Å²) in [6, 6.07) is 7.97. The maximum atomic E-state index is 10.7. The molecular weight excluding hydrogens is 200 g/mol. The first-order valence-electron chi connectivity index (χ1n) is 5.56.